The lowest BCUT2D eigenvalue weighted by Crippen LogP contribution is -2.59. The van der Waals surface area contributed by atoms with Gasteiger partial charge in [-0.2, -0.15) is 13.2 Å². The lowest BCUT2D eigenvalue weighted by Gasteiger charge is -2.45. The molecule has 0 aromatic heterocycles. The van der Waals surface area contributed by atoms with Crippen molar-refractivity contribution < 1.29 is 31.5 Å². The molecule has 3 rings (SSSR count). The van der Waals surface area contributed by atoms with Crippen molar-refractivity contribution in [1.29, 1.82) is 0 Å². The van der Waals surface area contributed by atoms with Crippen LogP contribution in [0.3, 0.4) is 0 Å². The number of amides is 1. The van der Waals surface area contributed by atoms with Gasteiger partial charge in [-0.15, -0.1) is 0 Å². The fourth-order valence-electron chi connectivity index (χ4n) is 3.45. The van der Waals surface area contributed by atoms with Gasteiger partial charge in [-0.3, -0.25) is 9.59 Å². The third kappa shape index (κ3) is 5.22. The number of hydrogen-bond donors (Lipinski definition) is 0. The summed E-state index contributed by atoms with van der Waals surface area (Å²) in [5.41, 5.74) is -3.62. The highest BCUT2D eigenvalue weighted by atomic mass is 35.5. The second-order valence-corrected chi connectivity index (χ2v) is 8.88. The molecule has 0 unspecified atom stereocenters. The molecule has 0 radical (unpaired) electrons. The van der Waals surface area contributed by atoms with Gasteiger partial charge in [0, 0.05) is 11.5 Å². The van der Waals surface area contributed by atoms with Crippen molar-refractivity contribution in [3.8, 4) is 0 Å². The summed E-state index contributed by atoms with van der Waals surface area (Å²) >= 11 is 11.2. The molecule has 0 spiro atoms. The van der Waals surface area contributed by atoms with E-state index in [1.54, 1.807) is 13.8 Å². The van der Waals surface area contributed by atoms with E-state index in [-0.39, 0.29) is 36.0 Å². The molecule has 2 aromatic rings. The predicted molar refractivity (Wildman–Crippen MR) is 115 cm³/mol. The highest BCUT2D eigenvalue weighted by Gasteiger charge is 2.47. The van der Waals surface area contributed by atoms with Crippen molar-refractivity contribution in [1.82, 2.24) is 4.90 Å². The topological polar surface area (TPSA) is 37.4 Å². The van der Waals surface area contributed by atoms with Crippen molar-refractivity contribution in [2.45, 2.75) is 25.7 Å². The summed E-state index contributed by atoms with van der Waals surface area (Å²) in [6.45, 7) is 3.14. The molecule has 1 heterocycles. The first-order chi connectivity index (χ1) is 15.2. The molecule has 176 valence electrons. The van der Waals surface area contributed by atoms with E-state index in [1.807, 2.05) is 0 Å². The minimum absolute atomic E-state index is 0.113. The molecule has 0 saturated carbocycles. The maximum Gasteiger partial charge on any atom is 0.417 e. The molecule has 0 atom stereocenters. The van der Waals surface area contributed by atoms with Crippen molar-refractivity contribution >= 4 is 40.5 Å². The van der Waals surface area contributed by atoms with Crippen molar-refractivity contribution in [3.63, 3.8) is 0 Å². The van der Waals surface area contributed by atoms with E-state index in [0.29, 0.717) is 6.08 Å². The van der Waals surface area contributed by atoms with Gasteiger partial charge in [0.2, 0.25) is 5.91 Å². The van der Waals surface area contributed by atoms with Crippen LogP contribution in [-0.2, 0) is 10.5 Å². The number of nitrogens with zero attached hydrogens (tertiary/aromatic N) is 1. The molecule has 1 aliphatic heterocycles. The average Bonchev–Trinajstić information content (AvgIpc) is 2.71. The largest absolute Gasteiger partial charge is 0.417 e. The number of halogens is 7. The summed E-state index contributed by atoms with van der Waals surface area (Å²) in [5.74, 6) is -2.52. The van der Waals surface area contributed by atoms with E-state index in [0.717, 1.165) is 12.1 Å². The van der Waals surface area contributed by atoms with Crippen LogP contribution in [0, 0.1) is 11.7 Å². The molecule has 10 heteroatoms. The number of hydrogen-bond acceptors (Lipinski definition) is 2. The Morgan fingerprint density at radius 3 is 2.00 bits per heavy atom. The quantitative estimate of drug-likeness (QED) is 0.198. The summed E-state index contributed by atoms with van der Waals surface area (Å²) in [7, 11) is 0. The molecule has 1 amide bonds. The minimum Gasteiger partial charge on any atom is -0.335 e. The Bertz CT molecular complexity index is 1100. The van der Waals surface area contributed by atoms with Crippen LogP contribution in [0.4, 0.5) is 22.0 Å². The number of alkyl halides is 4. The second-order valence-electron chi connectivity index (χ2n) is 8.07. The van der Waals surface area contributed by atoms with Crippen LogP contribution >= 0.6 is 23.2 Å². The monoisotopic (exact) mass is 505 g/mol. The fraction of sp³-hybridized carbons (Fsp3) is 0.304. The summed E-state index contributed by atoms with van der Waals surface area (Å²) < 4.78 is 69.4. The van der Waals surface area contributed by atoms with Gasteiger partial charge >= 0.3 is 6.18 Å². The van der Waals surface area contributed by atoms with E-state index in [2.05, 4.69) is 0 Å². The zero-order valence-electron chi connectivity index (χ0n) is 17.4. The van der Waals surface area contributed by atoms with Crippen LogP contribution in [0.1, 0.15) is 35.3 Å². The van der Waals surface area contributed by atoms with Crippen LogP contribution in [0.2, 0.25) is 10.0 Å². The van der Waals surface area contributed by atoms with E-state index in [9.17, 15) is 27.2 Å². The van der Waals surface area contributed by atoms with E-state index < -0.39 is 44.6 Å². The Morgan fingerprint density at radius 2 is 1.55 bits per heavy atom. The molecular weight excluding hydrogens is 488 g/mol. The normalized spacial score (nSPS) is 16.1. The second kappa shape index (κ2) is 9.06. The zero-order valence-corrected chi connectivity index (χ0v) is 19.0. The van der Waals surface area contributed by atoms with Gasteiger partial charge in [-0.25, -0.2) is 8.78 Å². The summed E-state index contributed by atoms with van der Waals surface area (Å²) in [5, 5.41) is -1.24. The first kappa shape index (κ1) is 25.2. The highest BCUT2D eigenvalue weighted by molar-refractivity contribution is 6.35. The molecule has 0 N–H and O–H groups in total. The standard InChI is InChI=1S/C23H18Cl2F5NO2/c1-12(2)21(33)31-10-22(27,11-31)15-5-3-13(4-6-15)19(32)9-16(23(28,29)30)14-7-17(24)20(26)18(25)8-14/h3-9,12H,10-11H2,1-2H3/b16-9+. The summed E-state index contributed by atoms with van der Waals surface area (Å²) in [4.78, 5) is 25.8. The lowest BCUT2D eigenvalue weighted by atomic mass is 9.86. The van der Waals surface area contributed by atoms with Crippen LogP contribution in [0.5, 0.6) is 0 Å². The Hall–Kier alpha value is -2.45. The molecule has 1 saturated heterocycles. The van der Waals surface area contributed by atoms with Crippen LogP contribution in [0.25, 0.3) is 5.57 Å². The fourth-order valence-corrected chi connectivity index (χ4v) is 3.94. The van der Waals surface area contributed by atoms with Gasteiger partial charge in [0.15, 0.2) is 17.3 Å². The molecule has 1 aliphatic rings. The van der Waals surface area contributed by atoms with Crippen LogP contribution < -0.4 is 0 Å². The SMILES string of the molecule is CC(C)C(=O)N1CC(F)(c2ccc(C(=O)/C=C(\c3cc(Cl)c(F)c(Cl)c3)C(F)(F)F)cc2)C1. The van der Waals surface area contributed by atoms with Crippen molar-refractivity contribution in [2.75, 3.05) is 13.1 Å². The smallest absolute Gasteiger partial charge is 0.335 e. The first-order valence-corrected chi connectivity index (χ1v) is 10.5. The van der Waals surface area contributed by atoms with Gasteiger partial charge in [0.25, 0.3) is 0 Å². The first-order valence-electron chi connectivity index (χ1n) is 9.79. The van der Waals surface area contributed by atoms with Crippen LogP contribution in [0.15, 0.2) is 42.5 Å². The Kier molecular flexibility index (Phi) is 6.92. The highest BCUT2D eigenvalue weighted by Crippen LogP contribution is 2.39. The van der Waals surface area contributed by atoms with Gasteiger partial charge in [0.1, 0.15) is 0 Å². The van der Waals surface area contributed by atoms with Gasteiger partial charge in [-0.05, 0) is 29.3 Å². The predicted octanol–water partition coefficient (Wildman–Crippen LogP) is 6.62. The number of carbonyl (C=O) groups is 2. The average molecular weight is 506 g/mol. The maximum atomic E-state index is 15.0. The third-order valence-corrected chi connectivity index (χ3v) is 5.80. The molecule has 1 fully saturated rings. The Labute approximate surface area is 196 Å². The molecule has 33 heavy (non-hydrogen) atoms. The lowest BCUT2D eigenvalue weighted by molar-refractivity contribution is -0.149. The molecule has 2 aromatic carbocycles. The number of rotatable bonds is 5. The van der Waals surface area contributed by atoms with Gasteiger partial charge in [-0.1, -0.05) is 61.3 Å². The molecule has 0 bridgehead atoms. The number of carbonyl (C=O) groups excluding carboxylic acids is 2. The minimum atomic E-state index is -4.96. The van der Waals surface area contributed by atoms with E-state index in [1.165, 1.54) is 29.2 Å². The van der Waals surface area contributed by atoms with Crippen LogP contribution in [-0.4, -0.2) is 35.9 Å². The Balaban J connectivity index is 1.85. The van der Waals surface area contributed by atoms with E-state index >= 15 is 4.39 Å². The van der Waals surface area contributed by atoms with Crippen molar-refractivity contribution in [2.24, 2.45) is 5.92 Å². The number of likely N-dealkylation sites (tertiary alicyclic amines) is 1. The summed E-state index contributed by atoms with van der Waals surface area (Å²) in [6.07, 6.45) is -4.60. The summed E-state index contributed by atoms with van der Waals surface area (Å²) in [6, 6.07) is 6.48. The van der Waals surface area contributed by atoms with E-state index in [4.69, 9.17) is 23.2 Å². The third-order valence-electron chi connectivity index (χ3n) is 5.25. The molecule has 3 nitrogen and oxygen atoms in total. The molecular formula is C23H18Cl2F5NO2. The number of allylic oxidation sites excluding steroid dienone is 2. The van der Waals surface area contributed by atoms with Gasteiger partial charge in [0.05, 0.1) is 28.7 Å². The molecule has 0 aliphatic carbocycles. The maximum absolute atomic E-state index is 15.0. The number of ketones is 1. The Morgan fingerprint density at radius 1 is 1.03 bits per heavy atom. The zero-order chi connectivity index (χ0) is 24.7. The van der Waals surface area contributed by atoms with Crippen molar-refractivity contribution in [3.05, 3.63) is 75.0 Å². The number of benzene rings is 2. The van der Waals surface area contributed by atoms with Gasteiger partial charge < -0.3 is 4.90 Å².